The fourth-order valence-corrected chi connectivity index (χ4v) is 3.34. The van der Waals surface area contributed by atoms with Crippen LogP contribution in [0.3, 0.4) is 0 Å². The number of nitrogens with zero attached hydrogens (tertiary/aromatic N) is 2. The van der Waals surface area contributed by atoms with Crippen molar-refractivity contribution < 1.29 is 9.59 Å². The molecule has 0 unspecified atom stereocenters. The molecule has 0 bridgehead atoms. The summed E-state index contributed by atoms with van der Waals surface area (Å²) < 4.78 is 0. The third kappa shape index (κ3) is 2.72. The number of carbonyl (C=O) groups excluding carboxylic acids is 2. The molecule has 1 saturated heterocycles. The number of aryl methyl sites for hydroxylation is 1. The van der Waals surface area contributed by atoms with Crippen LogP contribution in [-0.2, 0) is 11.3 Å². The van der Waals surface area contributed by atoms with Crippen molar-refractivity contribution in [2.75, 3.05) is 13.1 Å². The summed E-state index contributed by atoms with van der Waals surface area (Å²) in [7, 11) is 0. The predicted molar refractivity (Wildman–Crippen MR) is 81.1 cm³/mol. The van der Waals surface area contributed by atoms with Gasteiger partial charge >= 0.3 is 6.03 Å². The highest BCUT2D eigenvalue weighted by Crippen LogP contribution is 2.34. The number of hydrogen-bond donors (Lipinski definition) is 3. The minimum absolute atomic E-state index is 0.0271. The Balaban J connectivity index is 1.43. The Hall–Kier alpha value is -1.89. The lowest BCUT2D eigenvalue weighted by Gasteiger charge is -2.20. The van der Waals surface area contributed by atoms with E-state index in [2.05, 4.69) is 20.8 Å². The number of aromatic nitrogens is 2. The van der Waals surface area contributed by atoms with Crippen LogP contribution in [0.1, 0.15) is 43.4 Å². The van der Waals surface area contributed by atoms with Crippen LogP contribution in [0, 0.1) is 6.92 Å². The third-order valence-corrected chi connectivity index (χ3v) is 4.69. The molecule has 3 N–H and O–H groups in total. The second kappa shape index (κ2) is 6.08. The molecule has 7 nitrogen and oxygen atoms in total. The van der Waals surface area contributed by atoms with E-state index in [1.807, 2.05) is 13.1 Å². The quantitative estimate of drug-likeness (QED) is 0.541. The van der Waals surface area contributed by atoms with E-state index in [9.17, 15) is 9.59 Å². The number of carbonyl (C=O) groups is 2. The average molecular weight is 305 g/mol. The van der Waals surface area contributed by atoms with Gasteiger partial charge in [-0.05, 0) is 32.7 Å². The molecule has 1 spiro atoms. The van der Waals surface area contributed by atoms with Crippen LogP contribution in [0.15, 0.2) is 6.20 Å². The normalized spacial score (nSPS) is 20.1. The second-order valence-corrected chi connectivity index (χ2v) is 6.23. The molecule has 120 valence electrons. The molecule has 2 aliphatic rings. The van der Waals surface area contributed by atoms with Crippen LogP contribution in [0.5, 0.6) is 0 Å². The first-order chi connectivity index (χ1) is 10.6. The van der Waals surface area contributed by atoms with Crippen LogP contribution in [0.25, 0.3) is 0 Å². The molecule has 7 heteroatoms. The first kappa shape index (κ1) is 15.0. The zero-order chi connectivity index (χ0) is 15.6. The Labute approximate surface area is 129 Å². The summed E-state index contributed by atoms with van der Waals surface area (Å²) in [6.45, 7) is 3.96. The van der Waals surface area contributed by atoms with E-state index in [-0.39, 0.29) is 11.9 Å². The summed E-state index contributed by atoms with van der Waals surface area (Å²) in [5.74, 6) is -0.0271. The minimum atomic E-state index is -0.585. The molecular weight excluding hydrogens is 282 g/mol. The highest BCUT2D eigenvalue weighted by Gasteiger charge is 2.51. The Morgan fingerprint density at radius 1 is 1.36 bits per heavy atom. The molecule has 2 heterocycles. The Kier molecular flexibility index (Phi) is 4.15. The topological polar surface area (TPSA) is 90.1 Å². The zero-order valence-corrected chi connectivity index (χ0v) is 12.9. The van der Waals surface area contributed by atoms with Gasteiger partial charge in [0.05, 0.1) is 6.20 Å². The van der Waals surface area contributed by atoms with Crippen LogP contribution in [0.2, 0.25) is 0 Å². The van der Waals surface area contributed by atoms with Crippen molar-refractivity contribution in [3.05, 3.63) is 17.5 Å². The molecule has 1 aromatic heterocycles. The van der Waals surface area contributed by atoms with Crippen molar-refractivity contribution in [3.8, 4) is 0 Å². The van der Waals surface area contributed by atoms with Crippen molar-refractivity contribution in [1.82, 2.24) is 25.7 Å². The lowest BCUT2D eigenvalue weighted by molar-refractivity contribution is -0.131. The molecule has 22 heavy (non-hydrogen) atoms. The number of aromatic amines is 1. The third-order valence-electron chi connectivity index (χ3n) is 4.69. The number of nitrogens with one attached hydrogen (secondary N) is 3. The van der Waals surface area contributed by atoms with Crippen molar-refractivity contribution in [3.63, 3.8) is 0 Å². The van der Waals surface area contributed by atoms with Gasteiger partial charge in [0.1, 0.15) is 5.54 Å². The average Bonchev–Trinajstić information content (AvgIpc) is 3.17. The highest BCUT2D eigenvalue weighted by molar-refractivity contribution is 6.07. The van der Waals surface area contributed by atoms with Gasteiger partial charge in [-0.15, -0.1) is 0 Å². The zero-order valence-electron chi connectivity index (χ0n) is 12.9. The van der Waals surface area contributed by atoms with Crippen molar-refractivity contribution in [2.45, 2.75) is 51.1 Å². The van der Waals surface area contributed by atoms with E-state index in [0.29, 0.717) is 6.54 Å². The Bertz CT molecular complexity index is 562. The van der Waals surface area contributed by atoms with E-state index in [4.69, 9.17) is 0 Å². The molecule has 1 aliphatic carbocycles. The van der Waals surface area contributed by atoms with E-state index < -0.39 is 5.54 Å². The Morgan fingerprint density at radius 3 is 2.82 bits per heavy atom. The van der Waals surface area contributed by atoms with Gasteiger partial charge in [-0.3, -0.25) is 14.8 Å². The smallest absolute Gasteiger partial charge is 0.323 e. The Morgan fingerprint density at radius 2 is 2.14 bits per heavy atom. The summed E-state index contributed by atoms with van der Waals surface area (Å²) in [5, 5.41) is 13.1. The van der Waals surface area contributed by atoms with Gasteiger partial charge in [0.2, 0.25) is 0 Å². The number of rotatable bonds is 6. The van der Waals surface area contributed by atoms with Crippen LogP contribution in [-0.4, -0.2) is 45.7 Å². The number of imide groups is 1. The predicted octanol–water partition coefficient (Wildman–Crippen LogP) is 1.06. The van der Waals surface area contributed by atoms with Crippen LogP contribution in [0.4, 0.5) is 4.79 Å². The molecule has 1 saturated carbocycles. The van der Waals surface area contributed by atoms with Crippen molar-refractivity contribution in [2.24, 2.45) is 0 Å². The fraction of sp³-hybridized carbons (Fsp3) is 0.667. The summed E-state index contributed by atoms with van der Waals surface area (Å²) in [6.07, 6.45) is 6.17. The van der Waals surface area contributed by atoms with Gasteiger partial charge in [0.25, 0.3) is 5.91 Å². The van der Waals surface area contributed by atoms with Gasteiger partial charge in [0, 0.05) is 24.3 Å². The van der Waals surface area contributed by atoms with E-state index in [1.54, 1.807) is 0 Å². The molecule has 2 fully saturated rings. The molecule has 0 aromatic carbocycles. The first-order valence-electron chi connectivity index (χ1n) is 7.96. The van der Waals surface area contributed by atoms with Gasteiger partial charge < -0.3 is 10.6 Å². The van der Waals surface area contributed by atoms with Crippen LogP contribution < -0.4 is 10.6 Å². The molecule has 3 rings (SSSR count). The van der Waals surface area contributed by atoms with Gasteiger partial charge in [-0.25, -0.2) is 4.79 Å². The van der Waals surface area contributed by atoms with E-state index >= 15 is 0 Å². The minimum Gasteiger partial charge on any atom is -0.323 e. The molecule has 0 atom stereocenters. The largest absolute Gasteiger partial charge is 0.325 e. The highest BCUT2D eigenvalue weighted by atomic mass is 16.2. The standard InChI is InChI=1S/C15H23N5O2/c1-11-12(10-17-19-11)9-16-7-4-8-20-13(21)15(18-14(20)22)5-2-3-6-15/h10,16H,2-9H2,1H3,(H,17,19)(H,18,22). The number of urea groups is 1. The summed E-state index contributed by atoms with van der Waals surface area (Å²) in [4.78, 5) is 25.8. The molecular formula is C15H23N5O2. The number of hydrogen-bond acceptors (Lipinski definition) is 4. The second-order valence-electron chi connectivity index (χ2n) is 6.23. The maximum atomic E-state index is 12.4. The summed E-state index contributed by atoms with van der Waals surface area (Å²) >= 11 is 0. The van der Waals surface area contributed by atoms with E-state index in [0.717, 1.165) is 56.5 Å². The summed E-state index contributed by atoms with van der Waals surface area (Å²) in [6, 6.07) is -0.224. The first-order valence-corrected chi connectivity index (χ1v) is 7.96. The maximum absolute atomic E-state index is 12.4. The van der Waals surface area contributed by atoms with Crippen molar-refractivity contribution >= 4 is 11.9 Å². The lowest BCUT2D eigenvalue weighted by atomic mass is 9.98. The maximum Gasteiger partial charge on any atom is 0.325 e. The van der Waals surface area contributed by atoms with Gasteiger partial charge in [0.15, 0.2) is 0 Å². The molecule has 1 aliphatic heterocycles. The molecule has 1 aromatic rings. The fourth-order valence-electron chi connectivity index (χ4n) is 3.34. The van der Waals surface area contributed by atoms with E-state index in [1.165, 1.54) is 4.90 Å². The number of H-pyrrole nitrogens is 1. The SMILES string of the molecule is Cc1[nH]ncc1CNCCCN1C(=O)NC2(CCCC2)C1=O. The molecule has 0 radical (unpaired) electrons. The monoisotopic (exact) mass is 305 g/mol. The van der Waals surface area contributed by atoms with Crippen molar-refractivity contribution in [1.29, 1.82) is 0 Å². The summed E-state index contributed by atoms with van der Waals surface area (Å²) in [5.41, 5.74) is 1.61. The van der Waals surface area contributed by atoms with Crippen LogP contribution >= 0.6 is 0 Å². The van der Waals surface area contributed by atoms with Gasteiger partial charge in [-0.1, -0.05) is 12.8 Å². The van der Waals surface area contributed by atoms with Gasteiger partial charge in [-0.2, -0.15) is 5.10 Å². The molecule has 3 amide bonds. The lowest BCUT2D eigenvalue weighted by Crippen LogP contribution is -2.44. The number of amides is 3.